The average Bonchev–Trinajstić information content (AvgIpc) is 2.54. The molecule has 0 bridgehead atoms. The van der Waals surface area contributed by atoms with Crippen molar-refractivity contribution in [3.8, 4) is 11.5 Å². The van der Waals surface area contributed by atoms with E-state index < -0.39 is 0 Å². The smallest absolute Gasteiger partial charge is 0.260 e. The maximum absolute atomic E-state index is 12.1. The topological polar surface area (TPSA) is 59.1 Å². The quantitative estimate of drug-likeness (QED) is 0.731. The number of carbonyl (C=O) groups excluding carboxylic acids is 2. The molecule has 0 N–H and O–H groups in total. The van der Waals surface area contributed by atoms with Gasteiger partial charge in [0.05, 0.1) is 13.7 Å². The summed E-state index contributed by atoms with van der Waals surface area (Å²) in [5.74, 6) is 0.765. The summed E-state index contributed by atoms with van der Waals surface area (Å²) in [5, 5.41) is 0. The van der Waals surface area contributed by atoms with Crippen molar-refractivity contribution >= 4 is 11.8 Å². The molecule has 0 fully saturated rings. The minimum Gasteiger partial charge on any atom is -0.493 e. The summed E-state index contributed by atoms with van der Waals surface area (Å²) in [5.41, 5.74) is 1.04. The van der Waals surface area contributed by atoms with Crippen LogP contribution < -0.4 is 9.47 Å². The molecule has 0 unspecified atom stereocenters. The fourth-order valence-electron chi connectivity index (χ4n) is 2.11. The molecule has 1 aromatic rings. The number of nitrogens with zero attached hydrogens (tertiary/aromatic N) is 2. The fourth-order valence-corrected chi connectivity index (χ4v) is 2.11. The van der Waals surface area contributed by atoms with Gasteiger partial charge in [0.2, 0.25) is 5.91 Å². The van der Waals surface area contributed by atoms with Crippen molar-refractivity contribution in [1.82, 2.24) is 9.80 Å². The van der Waals surface area contributed by atoms with Crippen LogP contribution in [0, 0.1) is 6.92 Å². The predicted octanol–water partition coefficient (Wildman–Crippen LogP) is 1.71. The van der Waals surface area contributed by atoms with Gasteiger partial charge in [-0.05, 0) is 38.5 Å². The maximum atomic E-state index is 12.1. The molecule has 2 amide bonds. The van der Waals surface area contributed by atoms with Gasteiger partial charge in [-0.2, -0.15) is 0 Å². The highest BCUT2D eigenvalue weighted by atomic mass is 16.5. The number of carbonyl (C=O) groups is 2. The van der Waals surface area contributed by atoms with E-state index >= 15 is 0 Å². The third-order valence-electron chi connectivity index (χ3n) is 3.58. The number of ether oxygens (including phenoxy) is 2. The monoisotopic (exact) mass is 322 g/mol. The van der Waals surface area contributed by atoms with Crippen LogP contribution in [0.4, 0.5) is 0 Å². The number of benzene rings is 1. The molecule has 6 heteroatoms. The van der Waals surface area contributed by atoms with Crippen LogP contribution >= 0.6 is 0 Å². The predicted molar refractivity (Wildman–Crippen MR) is 88.8 cm³/mol. The van der Waals surface area contributed by atoms with E-state index in [1.165, 1.54) is 4.90 Å². The molecular weight excluding hydrogens is 296 g/mol. The van der Waals surface area contributed by atoms with E-state index in [0.717, 1.165) is 5.56 Å². The highest BCUT2D eigenvalue weighted by molar-refractivity contribution is 5.85. The summed E-state index contributed by atoms with van der Waals surface area (Å²) in [6.45, 7) is 6.95. The molecule has 128 valence electrons. The molecule has 0 heterocycles. The maximum Gasteiger partial charge on any atom is 0.260 e. The normalized spacial score (nSPS) is 10.1. The van der Waals surface area contributed by atoms with Gasteiger partial charge < -0.3 is 19.3 Å². The first-order valence-corrected chi connectivity index (χ1v) is 7.72. The highest BCUT2D eigenvalue weighted by Gasteiger charge is 2.17. The third-order valence-corrected chi connectivity index (χ3v) is 3.58. The van der Waals surface area contributed by atoms with Crippen LogP contribution in [0.3, 0.4) is 0 Å². The molecule has 0 atom stereocenters. The Hall–Kier alpha value is -2.24. The second-order valence-electron chi connectivity index (χ2n) is 5.26. The van der Waals surface area contributed by atoms with Gasteiger partial charge in [-0.25, -0.2) is 0 Å². The number of hydrogen-bond donors (Lipinski definition) is 0. The van der Waals surface area contributed by atoms with Crippen LogP contribution in [-0.2, 0) is 9.59 Å². The summed E-state index contributed by atoms with van der Waals surface area (Å²) < 4.78 is 10.8. The lowest BCUT2D eigenvalue weighted by molar-refractivity contribution is -0.140. The number of rotatable bonds is 8. The lowest BCUT2D eigenvalue weighted by Gasteiger charge is -2.23. The van der Waals surface area contributed by atoms with Crippen LogP contribution in [-0.4, -0.2) is 62.0 Å². The molecule has 0 aromatic heterocycles. The van der Waals surface area contributed by atoms with Gasteiger partial charge in [-0.3, -0.25) is 9.59 Å². The zero-order valence-electron chi connectivity index (χ0n) is 14.6. The summed E-state index contributed by atoms with van der Waals surface area (Å²) in [4.78, 5) is 27.2. The zero-order valence-corrected chi connectivity index (χ0v) is 14.6. The minimum absolute atomic E-state index is 0.0505. The number of likely N-dealkylation sites (N-methyl/N-ethyl adjacent to an activating group) is 2. The van der Waals surface area contributed by atoms with Crippen molar-refractivity contribution in [3.63, 3.8) is 0 Å². The van der Waals surface area contributed by atoms with Crippen LogP contribution in [0.1, 0.15) is 19.4 Å². The fraction of sp³-hybridized carbons (Fsp3) is 0.529. The summed E-state index contributed by atoms with van der Waals surface area (Å²) >= 11 is 0. The second-order valence-corrected chi connectivity index (χ2v) is 5.26. The van der Waals surface area contributed by atoms with E-state index in [4.69, 9.17) is 9.47 Å². The second kappa shape index (κ2) is 9.02. The first-order chi connectivity index (χ1) is 10.9. The summed E-state index contributed by atoms with van der Waals surface area (Å²) in [6, 6.07) is 5.49. The Labute approximate surface area is 138 Å². The van der Waals surface area contributed by atoms with Crippen molar-refractivity contribution < 1.29 is 19.1 Å². The van der Waals surface area contributed by atoms with E-state index in [-0.39, 0.29) is 25.0 Å². The molecule has 0 spiro atoms. The van der Waals surface area contributed by atoms with Gasteiger partial charge in [-0.1, -0.05) is 6.07 Å². The van der Waals surface area contributed by atoms with Crippen LogP contribution in [0.15, 0.2) is 18.2 Å². The van der Waals surface area contributed by atoms with Crippen molar-refractivity contribution in [2.45, 2.75) is 20.8 Å². The Morgan fingerprint density at radius 3 is 2.30 bits per heavy atom. The SMILES string of the molecule is CCN(CC)C(=O)CN(C)C(=O)COc1ccc(C)cc1OC. The third kappa shape index (κ3) is 5.47. The first kappa shape index (κ1) is 18.8. The lowest BCUT2D eigenvalue weighted by Crippen LogP contribution is -2.42. The van der Waals surface area contributed by atoms with Gasteiger partial charge >= 0.3 is 0 Å². The summed E-state index contributed by atoms with van der Waals surface area (Å²) in [7, 11) is 3.15. The van der Waals surface area contributed by atoms with Crippen molar-refractivity contribution in [2.24, 2.45) is 0 Å². The molecule has 0 aliphatic carbocycles. The Kier molecular flexibility index (Phi) is 7.38. The largest absolute Gasteiger partial charge is 0.493 e. The molecule has 0 saturated heterocycles. The van der Waals surface area contributed by atoms with Gasteiger partial charge in [-0.15, -0.1) is 0 Å². The molecule has 1 aromatic carbocycles. The Bertz CT molecular complexity index is 541. The number of aryl methyl sites for hydroxylation is 1. The van der Waals surface area contributed by atoms with Gasteiger partial charge in [0, 0.05) is 20.1 Å². The van der Waals surface area contributed by atoms with Gasteiger partial charge in [0.1, 0.15) is 0 Å². The number of hydrogen-bond acceptors (Lipinski definition) is 4. The Morgan fingerprint density at radius 2 is 1.74 bits per heavy atom. The minimum atomic E-state index is -0.256. The lowest BCUT2D eigenvalue weighted by atomic mass is 10.2. The van der Waals surface area contributed by atoms with E-state index in [1.807, 2.05) is 32.9 Å². The molecule has 0 aliphatic rings. The molecule has 0 saturated carbocycles. The standard InChI is InChI=1S/C17H26N2O4/c1-6-19(7-2)16(20)11-18(4)17(21)12-23-14-9-8-13(3)10-15(14)22-5/h8-10H,6-7,11-12H2,1-5H3. The highest BCUT2D eigenvalue weighted by Crippen LogP contribution is 2.27. The Balaban J connectivity index is 2.58. The van der Waals surface area contributed by atoms with Crippen LogP contribution in [0.2, 0.25) is 0 Å². The van der Waals surface area contributed by atoms with E-state index in [1.54, 1.807) is 25.1 Å². The molecule has 0 radical (unpaired) electrons. The van der Waals surface area contributed by atoms with Crippen molar-refractivity contribution in [2.75, 3.05) is 40.4 Å². The molecule has 6 nitrogen and oxygen atoms in total. The average molecular weight is 322 g/mol. The zero-order chi connectivity index (χ0) is 17.4. The number of methoxy groups -OCH3 is 1. The van der Waals surface area contributed by atoms with Gasteiger partial charge in [0.25, 0.3) is 5.91 Å². The molecular formula is C17H26N2O4. The molecule has 0 aliphatic heterocycles. The van der Waals surface area contributed by atoms with Crippen LogP contribution in [0.5, 0.6) is 11.5 Å². The molecule has 23 heavy (non-hydrogen) atoms. The van der Waals surface area contributed by atoms with Crippen LogP contribution in [0.25, 0.3) is 0 Å². The number of amides is 2. The van der Waals surface area contributed by atoms with Gasteiger partial charge in [0.15, 0.2) is 18.1 Å². The van der Waals surface area contributed by atoms with Crippen molar-refractivity contribution in [3.05, 3.63) is 23.8 Å². The Morgan fingerprint density at radius 1 is 1.09 bits per heavy atom. The van der Waals surface area contributed by atoms with Crippen molar-refractivity contribution in [1.29, 1.82) is 0 Å². The molecule has 1 rings (SSSR count). The van der Waals surface area contributed by atoms with E-state index in [0.29, 0.717) is 24.6 Å². The van der Waals surface area contributed by atoms with E-state index in [9.17, 15) is 9.59 Å². The van der Waals surface area contributed by atoms with E-state index in [2.05, 4.69) is 0 Å². The first-order valence-electron chi connectivity index (χ1n) is 7.72. The summed E-state index contributed by atoms with van der Waals surface area (Å²) in [6.07, 6.45) is 0.